The SMILES string of the molecule is CC(C)(C)OC(=O)N1CC[C@@H](CCCCCc2ccc3cccnc3n2)C1. The molecule has 0 bridgehead atoms. The van der Waals surface area contributed by atoms with E-state index < -0.39 is 5.60 Å². The standard InChI is InChI=1S/C22H31N3O2/c1-22(2,3)27-21(26)25-15-13-17(16-25)8-5-4-6-10-19-12-11-18-9-7-14-23-20(18)24-19/h7,9,11-12,14,17H,4-6,8,10,13,15-16H2,1-3H3/t17-/m1/s1. The van der Waals surface area contributed by atoms with Crippen LogP contribution in [0.3, 0.4) is 0 Å². The molecule has 1 amide bonds. The van der Waals surface area contributed by atoms with E-state index in [4.69, 9.17) is 4.74 Å². The molecule has 0 N–H and O–H groups in total. The van der Waals surface area contributed by atoms with Crippen LogP contribution in [0.2, 0.25) is 0 Å². The number of hydrogen-bond donors (Lipinski definition) is 0. The number of ether oxygens (including phenoxy) is 1. The van der Waals surface area contributed by atoms with E-state index in [1.807, 2.05) is 37.8 Å². The van der Waals surface area contributed by atoms with Crippen molar-refractivity contribution in [3.63, 3.8) is 0 Å². The molecule has 0 aromatic carbocycles. The van der Waals surface area contributed by atoms with Gasteiger partial charge in [-0.15, -0.1) is 0 Å². The molecule has 1 fully saturated rings. The van der Waals surface area contributed by atoms with Gasteiger partial charge in [-0.05, 0) is 76.6 Å². The van der Waals surface area contributed by atoms with E-state index >= 15 is 0 Å². The molecule has 0 saturated carbocycles. The molecule has 2 aromatic heterocycles. The summed E-state index contributed by atoms with van der Waals surface area (Å²) < 4.78 is 5.47. The zero-order valence-electron chi connectivity index (χ0n) is 16.8. The maximum absolute atomic E-state index is 12.1. The van der Waals surface area contributed by atoms with Gasteiger partial charge in [0.2, 0.25) is 0 Å². The lowest BCUT2D eigenvalue weighted by Crippen LogP contribution is -2.35. The lowest BCUT2D eigenvalue weighted by molar-refractivity contribution is 0.0287. The van der Waals surface area contributed by atoms with Crippen molar-refractivity contribution in [1.82, 2.24) is 14.9 Å². The van der Waals surface area contributed by atoms with Gasteiger partial charge in [0.05, 0.1) is 0 Å². The summed E-state index contributed by atoms with van der Waals surface area (Å²) in [6.07, 6.45) is 8.46. The maximum Gasteiger partial charge on any atom is 0.410 e. The number of unbranched alkanes of at least 4 members (excludes halogenated alkanes) is 2. The fourth-order valence-corrected chi connectivity index (χ4v) is 3.61. The van der Waals surface area contributed by atoms with Crippen molar-refractivity contribution >= 4 is 17.1 Å². The van der Waals surface area contributed by atoms with E-state index in [0.29, 0.717) is 5.92 Å². The highest BCUT2D eigenvalue weighted by molar-refractivity contribution is 5.74. The Morgan fingerprint density at radius 3 is 2.89 bits per heavy atom. The highest BCUT2D eigenvalue weighted by Gasteiger charge is 2.29. The Balaban J connectivity index is 1.34. The predicted octanol–water partition coefficient (Wildman–Crippen LogP) is 4.99. The van der Waals surface area contributed by atoms with Crippen LogP contribution >= 0.6 is 0 Å². The molecule has 3 rings (SSSR count). The summed E-state index contributed by atoms with van der Waals surface area (Å²) >= 11 is 0. The fourth-order valence-electron chi connectivity index (χ4n) is 3.61. The second kappa shape index (κ2) is 8.68. The molecule has 1 aliphatic heterocycles. The van der Waals surface area contributed by atoms with E-state index in [-0.39, 0.29) is 6.09 Å². The van der Waals surface area contributed by atoms with E-state index in [2.05, 4.69) is 22.1 Å². The summed E-state index contributed by atoms with van der Waals surface area (Å²) in [5.41, 5.74) is 1.54. The molecule has 146 valence electrons. The minimum atomic E-state index is -0.415. The Labute approximate surface area is 162 Å². The molecule has 0 spiro atoms. The zero-order chi connectivity index (χ0) is 19.3. The van der Waals surface area contributed by atoms with Crippen LogP contribution in [0.25, 0.3) is 11.0 Å². The third kappa shape index (κ3) is 5.91. The lowest BCUT2D eigenvalue weighted by Gasteiger charge is -2.24. The number of rotatable bonds is 6. The first kappa shape index (κ1) is 19.6. The Kier molecular flexibility index (Phi) is 6.30. The summed E-state index contributed by atoms with van der Waals surface area (Å²) in [6.45, 7) is 7.41. The second-order valence-corrected chi connectivity index (χ2v) is 8.53. The van der Waals surface area contributed by atoms with Gasteiger partial charge in [0.1, 0.15) is 5.60 Å². The van der Waals surface area contributed by atoms with Crippen molar-refractivity contribution in [2.45, 2.75) is 64.9 Å². The molecule has 2 aromatic rings. The first-order valence-electron chi connectivity index (χ1n) is 10.1. The predicted molar refractivity (Wildman–Crippen MR) is 108 cm³/mol. The van der Waals surface area contributed by atoms with Crippen LogP contribution in [0.1, 0.15) is 58.6 Å². The second-order valence-electron chi connectivity index (χ2n) is 8.53. The Hall–Kier alpha value is -2.17. The van der Waals surface area contributed by atoms with Gasteiger partial charge in [0.25, 0.3) is 0 Å². The molecule has 0 radical (unpaired) electrons. The first-order chi connectivity index (χ1) is 12.9. The molecule has 0 aliphatic carbocycles. The van der Waals surface area contributed by atoms with Crippen molar-refractivity contribution in [3.05, 3.63) is 36.2 Å². The molecule has 1 atom stereocenters. The molecule has 27 heavy (non-hydrogen) atoms. The average Bonchev–Trinajstić information content (AvgIpc) is 3.09. The Morgan fingerprint density at radius 2 is 2.07 bits per heavy atom. The number of fused-ring (bicyclic) bond motifs is 1. The summed E-state index contributed by atoms with van der Waals surface area (Å²) in [7, 11) is 0. The van der Waals surface area contributed by atoms with Crippen molar-refractivity contribution in [1.29, 1.82) is 0 Å². The third-order valence-electron chi connectivity index (χ3n) is 5.00. The smallest absolute Gasteiger partial charge is 0.410 e. The molecular formula is C22H31N3O2. The molecular weight excluding hydrogens is 338 g/mol. The van der Waals surface area contributed by atoms with E-state index in [9.17, 15) is 4.79 Å². The molecule has 0 unspecified atom stereocenters. The van der Waals surface area contributed by atoms with Gasteiger partial charge >= 0.3 is 6.09 Å². The maximum atomic E-state index is 12.1. The number of aromatic nitrogens is 2. The van der Waals surface area contributed by atoms with Gasteiger partial charge < -0.3 is 9.64 Å². The average molecular weight is 370 g/mol. The quantitative estimate of drug-likeness (QED) is 0.673. The fraction of sp³-hybridized carbons (Fsp3) is 0.591. The number of carbonyl (C=O) groups excluding carboxylic acids is 1. The topological polar surface area (TPSA) is 55.3 Å². The summed E-state index contributed by atoms with van der Waals surface area (Å²) in [5.74, 6) is 0.612. The number of amides is 1. The van der Waals surface area contributed by atoms with Gasteiger partial charge in [0.15, 0.2) is 5.65 Å². The van der Waals surface area contributed by atoms with Gasteiger partial charge in [-0.2, -0.15) is 0 Å². The van der Waals surface area contributed by atoms with Gasteiger partial charge in [0, 0.05) is 30.4 Å². The van der Waals surface area contributed by atoms with Crippen LogP contribution < -0.4 is 0 Å². The molecule has 5 heteroatoms. The van der Waals surface area contributed by atoms with Crippen LogP contribution in [0.15, 0.2) is 30.5 Å². The van der Waals surface area contributed by atoms with Crippen LogP contribution in [-0.2, 0) is 11.2 Å². The van der Waals surface area contributed by atoms with Gasteiger partial charge in [-0.3, -0.25) is 0 Å². The summed E-state index contributed by atoms with van der Waals surface area (Å²) in [6, 6.07) is 8.20. The van der Waals surface area contributed by atoms with E-state index in [0.717, 1.165) is 49.1 Å². The van der Waals surface area contributed by atoms with Gasteiger partial charge in [-0.1, -0.05) is 12.8 Å². The van der Waals surface area contributed by atoms with Crippen LogP contribution in [0.5, 0.6) is 0 Å². The van der Waals surface area contributed by atoms with Crippen molar-refractivity contribution in [3.8, 4) is 0 Å². The summed E-state index contributed by atoms with van der Waals surface area (Å²) in [4.78, 5) is 23.0. The lowest BCUT2D eigenvalue weighted by atomic mass is 10.00. The third-order valence-corrected chi connectivity index (χ3v) is 5.00. The number of pyridine rings is 2. The largest absolute Gasteiger partial charge is 0.444 e. The molecule has 1 saturated heterocycles. The number of hydrogen-bond acceptors (Lipinski definition) is 4. The van der Waals surface area contributed by atoms with Crippen LogP contribution in [0, 0.1) is 5.92 Å². The Bertz CT molecular complexity index is 769. The molecule has 1 aliphatic rings. The van der Waals surface area contributed by atoms with Crippen molar-refractivity contribution in [2.24, 2.45) is 5.92 Å². The highest BCUT2D eigenvalue weighted by Crippen LogP contribution is 2.24. The normalized spacial score (nSPS) is 17.4. The van der Waals surface area contributed by atoms with E-state index in [1.54, 1.807) is 6.20 Å². The van der Waals surface area contributed by atoms with E-state index in [1.165, 1.54) is 19.3 Å². The molecule has 5 nitrogen and oxygen atoms in total. The van der Waals surface area contributed by atoms with Crippen LogP contribution in [0.4, 0.5) is 4.79 Å². The number of carbonyl (C=O) groups is 1. The highest BCUT2D eigenvalue weighted by atomic mass is 16.6. The zero-order valence-corrected chi connectivity index (χ0v) is 16.8. The number of aryl methyl sites for hydroxylation is 1. The Morgan fingerprint density at radius 1 is 1.22 bits per heavy atom. The van der Waals surface area contributed by atoms with Crippen molar-refractivity contribution < 1.29 is 9.53 Å². The minimum Gasteiger partial charge on any atom is -0.444 e. The van der Waals surface area contributed by atoms with Gasteiger partial charge in [-0.25, -0.2) is 14.8 Å². The number of likely N-dealkylation sites (tertiary alicyclic amines) is 1. The molecule has 3 heterocycles. The monoisotopic (exact) mass is 369 g/mol. The number of nitrogens with zero attached hydrogens (tertiary/aromatic N) is 3. The van der Waals surface area contributed by atoms with Crippen LogP contribution in [-0.4, -0.2) is 39.7 Å². The first-order valence-corrected chi connectivity index (χ1v) is 10.1. The van der Waals surface area contributed by atoms with Crippen molar-refractivity contribution in [2.75, 3.05) is 13.1 Å². The minimum absolute atomic E-state index is 0.166. The summed E-state index contributed by atoms with van der Waals surface area (Å²) in [5, 5.41) is 1.09.